The number of ether oxygens (including phenoxy) is 1. The van der Waals surface area contributed by atoms with Gasteiger partial charge in [0.1, 0.15) is 17.6 Å². The first-order valence-corrected chi connectivity index (χ1v) is 9.53. The molecule has 3 fully saturated rings. The van der Waals surface area contributed by atoms with Crippen LogP contribution < -0.4 is 5.32 Å². The van der Waals surface area contributed by atoms with Gasteiger partial charge < -0.3 is 10.1 Å². The highest BCUT2D eigenvalue weighted by molar-refractivity contribution is 5.98. The normalized spacial score (nSPS) is 31.2. The molecule has 2 saturated carbocycles. The smallest absolute Gasteiger partial charge is 0.259 e. The average molecular weight is 360 g/mol. The number of hydrogen-bond donors (Lipinski definition) is 1. The van der Waals surface area contributed by atoms with E-state index < -0.39 is 23.5 Å². The molecular weight excluding hydrogens is 335 g/mol. The van der Waals surface area contributed by atoms with Crippen molar-refractivity contribution in [2.45, 2.75) is 63.3 Å². The number of hydrogen-bond acceptors (Lipinski definition) is 3. The lowest BCUT2D eigenvalue weighted by Crippen LogP contribution is -2.57. The van der Waals surface area contributed by atoms with E-state index >= 15 is 0 Å². The minimum Gasteiger partial charge on any atom is -0.353 e. The highest BCUT2D eigenvalue weighted by atomic mass is 19.1. The second-order valence-corrected chi connectivity index (χ2v) is 7.91. The molecule has 0 aromatic heterocycles. The van der Waals surface area contributed by atoms with E-state index in [1.807, 2.05) is 0 Å². The maximum atomic E-state index is 14.3. The van der Waals surface area contributed by atoms with Crippen molar-refractivity contribution < 1.29 is 18.7 Å². The first-order valence-electron chi connectivity index (χ1n) is 9.53. The van der Waals surface area contributed by atoms with Crippen LogP contribution in [0.5, 0.6) is 0 Å². The zero-order valence-corrected chi connectivity index (χ0v) is 15.0. The monoisotopic (exact) mass is 360 g/mol. The van der Waals surface area contributed by atoms with Crippen LogP contribution >= 0.6 is 0 Å². The van der Waals surface area contributed by atoms with Gasteiger partial charge in [0.15, 0.2) is 0 Å². The Kier molecular flexibility index (Phi) is 4.47. The Balaban J connectivity index is 1.68. The lowest BCUT2D eigenvalue weighted by Gasteiger charge is -2.43. The van der Waals surface area contributed by atoms with Gasteiger partial charge in [0.25, 0.3) is 5.91 Å². The van der Waals surface area contributed by atoms with Crippen LogP contribution in [0.2, 0.25) is 0 Å². The van der Waals surface area contributed by atoms with E-state index in [4.69, 9.17) is 4.74 Å². The molecule has 5 nitrogen and oxygen atoms in total. The molecule has 1 saturated heterocycles. The molecule has 1 heterocycles. The first kappa shape index (κ1) is 17.5. The topological polar surface area (TPSA) is 58.6 Å². The summed E-state index contributed by atoms with van der Waals surface area (Å²) in [6, 6.07) is 5.46. The summed E-state index contributed by atoms with van der Waals surface area (Å²) in [7, 11) is 0. The predicted octanol–water partition coefficient (Wildman–Crippen LogP) is 2.85. The van der Waals surface area contributed by atoms with E-state index in [0.717, 1.165) is 25.7 Å². The van der Waals surface area contributed by atoms with E-state index in [1.165, 1.54) is 12.1 Å². The molecule has 2 aliphatic carbocycles. The first-order chi connectivity index (χ1) is 12.5. The molecule has 1 aromatic carbocycles. The van der Waals surface area contributed by atoms with Crippen molar-refractivity contribution in [2.24, 2.45) is 5.92 Å². The number of rotatable bonds is 3. The number of halogens is 1. The van der Waals surface area contributed by atoms with Gasteiger partial charge in [-0.15, -0.1) is 0 Å². The Hall–Kier alpha value is -1.95. The van der Waals surface area contributed by atoms with Gasteiger partial charge in [0.05, 0.1) is 12.2 Å². The molecule has 0 radical (unpaired) electrons. The molecule has 1 spiro atoms. The fourth-order valence-corrected chi connectivity index (χ4v) is 4.30. The van der Waals surface area contributed by atoms with E-state index in [9.17, 15) is 14.0 Å². The molecular formula is C20H25FN2O3. The molecule has 3 aliphatic rings. The van der Waals surface area contributed by atoms with Crippen LogP contribution in [0.25, 0.3) is 0 Å². The van der Waals surface area contributed by atoms with Crippen molar-refractivity contribution in [3.05, 3.63) is 35.6 Å². The summed E-state index contributed by atoms with van der Waals surface area (Å²) in [5.41, 5.74) is -0.803. The lowest BCUT2D eigenvalue weighted by atomic mass is 9.83. The van der Waals surface area contributed by atoms with E-state index in [2.05, 4.69) is 12.2 Å². The van der Waals surface area contributed by atoms with Gasteiger partial charge in [-0.05, 0) is 50.2 Å². The predicted molar refractivity (Wildman–Crippen MR) is 93.8 cm³/mol. The van der Waals surface area contributed by atoms with Crippen molar-refractivity contribution in [1.29, 1.82) is 0 Å². The van der Waals surface area contributed by atoms with Crippen molar-refractivity contribution in [3.63, 3.8) is 0 Å². The van der Waals surface area contributed by atoms with E-state index in [0.29, 0.717) is 18.8 Å². The molecule has 3 atom stereocenters. The highest BCUT2D eigenvalue weighted by Gasteiger charge is 2.54. The summed E-state index contributed by atoms with van der Waals surface area (Å²) in [4.78, 5) is 27.6. The number of amides is 2. The SMILES string of the molecule is C[C@@H]1CCC[C@@]2(C1)OC[C@H](C(=O)NC1CC1)N2C(=O)c1ccccc1F. The lowest BCUT2D eigenvalue weighted by molar-refractivity contribution is -0.128. The van der Waals surface area contributed by atoms with E-state index in [1.54, 1.807) is 17.0 Å². The molecule has 0 bridgehead atoms. The van der Waals surface area contributed by atoms with Crippen LogP contribution in [-0.2, 0) is 9.53 Å². The van der Waals surface area contributed by atoms with Gasteiger partial charge in [-0.1, -0.05) is 25.5 Å². The largest absolute Gasteiger partial charge is 0.353 e. The van der Waals surface area contributed by atoms with Crippen molar-refractivity contribution in [1.82, 2.24) is 10.2 Å². The standard InChI is InChI=1S/C20H25FN2O3/c1-13-5-4-10-20(11-13)23(19(25)15-6-2-3-7-16(15)21)17(12-26-20)18(24)22-14-8-9-14/h2-3,6-7,13-14,17H,4-5,8-12H2,1H3,(H,22,24)/t13-,17-,20+/m1/s1. The number of nitrogens with zero attached hydrogens (tertiary/aromatic N) is 1. The maximum Gasteiger partial charge on any atom is 0.259 e. The van der Waals surface area contributed by atoms with Crippen LogP contribution in [0, 0.1) is 11.7 Å². The molecule has 6 heteroatoms. The Labute approximate surface area is 152 Å². The molecule has 140 valence electrons. The molecule has 1 aliphatic heterocycles. The van der Waals surface area contributed by atoms with Crippen molar-refractivity contribution in [2.75, 3.05) is 6.61 Å². The Morgan fingerprint density at radius 2 is 2.04 bits per heavy atom. The summed E-state index contributed by atoms with van der Waals surface area (Å²) < 4.78 is 20.4. The summed E-state index contributed by atoms with van der Waals surface area (Å²) in [6.45, 7) is 2.30. The molecule has 0 unspecified atom stereocenters. The Morgan fingerprint density at radius 3 is 2.73 bits per heavy atom. The quantitative estimate of drug-likeness (QED) is 0.902. The van der Waals surface area contributed by atoms with Crippen molar-refractivity contribution >= 4 is 11.8 Å². The molecule has 1 N–H and O–H groups in total. The van der Waals surface area contributed by atoms with Gasteiger partial charge >= 0.3 is 0 Å². The van der Waals surface area contributed by atoms with Gasteiger partial charge in [-0.3, -0.25) is 14.5 Å². The van der Waals surface area contributed by atoms with Gasteiger partial charge in [0, 0.05) is 6.04 Å². The zero-order valence-electron chi connectivity index (χ0n) is 15.0. The number of benzene rings is 1. The minimum atomic E-state index is -0.803. The average Bonchev–Trinajstić information content (AvgIpc) is 3.35. The third kappa shape index (κ3) is 3.11. The van der Waals surface area contributed by atoms with Crippen LogP contribution in [0.3, 0.4) is 0 Å². The fourth-order valence-electron chi connectivity index (χ4n) is 4.30. The fraction of sp³-hybridized carbons (Fsp3) is 0.600. The second kappa shape index (κ2) is 6.65. The van der Waals surface area contributed by atoms with Gasteiger partial charge in [-0.2, -0.15) is 0 Å². The van der Waals surface area contributed by atoms with Crippen LogP contribution in [0.15, 0.2) is 24.3 Å². The summed E-state index contributed by atoms with van der Waals surface area (Å²) in [5.74, 6) is -0.812. The maximum absolute atomic E-state index is 14.3. The molecule has 1 aromatic rings. The minimum absolute atomic E-state index is 0.000163. The van der Waals surface area contributed by atoms with Gasteiger partial charge in [0.2, 0.25) is 5.91 Å². The number of carbonyl (C=O) groups excluding carboxylic acids is 2. The summed E-state index contributed by atoms with van der Waals surface area (Å²) in [6.07, 6.45) is 5.32. The van der Waals surface area contributed by atoms with Crippen LogP contribution in [0.1, 0.15) is 55.8 Å². The van der Waals surface area contributed by atoms with E-state index in [-0.39, 0.29) is 24.1 Å². The van der Waals surface area contributed by atoms with Crippen LogP contribution in [-0.4, -0.2) is 41.1 Å². The Bertz CT molecular complexity index is 721. The Morgan fingerprint density at radius 1 is 1.27 bits per heavy atom. The third-order valence-corrected chi connectivity index (χ3v) is 5.74. The number of nitrogens with one attached hydrogen (secondary N) is 1. The third-order valence-electron chi connectivity index (χ3n) is 5.74. The van der Waals surface area contributed by atoms with Crippen LogP contribution in [0.4, 0.5) is 4.39 Å². The highest BCUT2D eigenvalue weighted by Crippen LogP contribution is 2.43. The zero-order chi connectivity index (χ0) is 18.3. The second-order valence-electron chi connectivity index (χ2n) is 7.91. The number of carbonyl (C=O) groups is 2. The molecule has 2 amide bonds. The van der Waals surface area contributed by atoms with Crippen molar-refractivity contribution in [3.8, 4) is 0 Å². The summed E-state index contributed by atoms with van der Waals surface area (Å²) in [5, 5.41) is 2.97. The molecule has 4 rings (SSSR count). The summed E-state index contributed by atoms with van der Waals surface area (Å²) >= 11 is 0. The molecule has 26 heavy (non-hydrogen) atoms. The van der Waals surface area contributed by atoms with Gasteiger partial charge in [-0.25, -0.2) is 4.39 Å².